The van der Waals surface area contributed by atoms with Gasteiger partial charge >= 0.3 is 24.2 Å². The van der Waals surface area contributed by atoms with Gasteiger partial charge in [0.05, 0.1) is 11.3 Å². The first kappa shape index (κ1) is 17.1. The highest BCUT2D eigenvalue weighted by atomic mass is 19.4. The summed E-state index contributed by atoms with van der Waals surface area (Å²) in [6, 6.07) is 0.302. The number of alkyl halides is 8. The van der Waals surface area contributed by atoms with E-state index in [1.165, 1.54) is 0 Å². The third-order valence-corrected chi connectivity index (χ3v) is 2.18. The first-order valence-electron chi connectivity index (χ1n) is 4.89. The molecule has 1 rings (SSSR count). The number of carbonyl (C=O) groups is 1. The van der Waals surface area contributed by atoms with Crippen molar-refractivity contribution < 1.29 is 44.3 Å². The lowest BCUT2D eigenvalue weighted by Crippen LogP contribution is -2.47. The van der Waals surface area contributed by atoms with E-state index in [-0.39, 0.29) is 18.2 Å². The Labute approximate surface area is 110 Å². The van der Waals surface area contributed by atoms with Crippen LogP contribution in [0.2, 0.25) is 0 Å². The normalized spacial score (nSPS) is 13.2. The quantitative estimate of drug-likeness (QED) is 0.819. The highest BCUT2D eigenvalue weighted by Crippen LogP contribution is 2.37. The van der Waals surface area contributed by atoms with Crippen molar-refractivity contribution in [2.45, 2.75) is 18.3 Å². The van der Waals surface area contributed by atoms with Gasteiger partial charge in [-0.05, 0) is 18.2 Å². The number of carbonyl (C=O) groups excluding carboxylic acids is 1. The van der Waals surface area contributed by atoms with Crippen molar-refractivity contribution in [1.82, 2.24) is 0 Å². The zero-order chi connectivity index (χ0) is 16.6. The van der Waals surface area contributed by atoms with E-state index >= 15 is 0 Å². The van der Waals surface area contributed by atoms with Crippen LogP contribution in [0.15, 0.2) is 18.2 Å². The Morgan fingerprint density at radius 1 is 0.952 bits per heavy atom. The van der Waals surface area contributed by atoms with Crippen LogP contribution < -0.4 is 5.32 Å². The summed E-state index contributed by atoms with van der Waals surface area (Å²) in [5.41, 5.74) is -2.98. The Hall–Kier alpha value is -1.94. The SMILES string of the molecule is O=C(Nc1cc(C(F)(F)F)ccc1F)C(F)(F)C(F)(F)F. The number of anilines is 1. The number of hydrogen-bond donors (Lipinski definition) is 1. The predicted molar refractivity (Wildman–Crippen MR) is 51.0 cm³/mol. The molecule has 1 N–H and O–H groups in total. The fourth-order valence-corrected chi connectivity index (χ4v) is 1.13. The molecular formula is C10H4F9NO. The van der Waals surface area contributed by atoms with E-state index < -0.39 is 41.3 Å². The van der Waals surface area contributed by atoms with E-state index in [1.54, 1.807) is 0 Å². The first-order chi connectivity index (χ1) is 9.26. The molecule has 11 heteroatoms. The van der Waals surface area contributed by atoms with Crippen LogP contribution in [-0.2, 0) is 11.0 Å². The summed E-state index contributed by atoms with van der Waals surface area (Å²) in [6.45, 7) is 0. The van der Waals surface area contributed by atoms with E-state index in [0.29, 0.717) is 0 Å². The minimum Gasteiger partial charge on any atom is -0.318 e. The average molecular weight is 325 g/mol. The molecule has 0 unspecified atom stereocenters. The Balaban J connectivity index is 3.12. The second-order valence-corrected chi connectivity index (χ2v) is 3.72. The van der Waals surface area contributed by atoms with Gasteiger partial charge in [0.2, 0.25) is 0 Å². The molecule has 118 valence electrons. The third kappa shape index (κ3) is 3.58. The second-order valence-electron chi connectivity index (χ2n) is 3.72. The minimum atomic E-state index is -6.27. The van der Waals surface area contributed by atoms with Crippen LogP contribution in [0.5, 0.6) is 0 Å². The maximum absolute atomic E-state index is 13.1. The van der Waals surface area contributed by atoms with E-state index in [2.05, 4.69) is 0 Å². The second kappa shape index (κ2) is 5.11. The molecule has 0 heterocycles. The van der Waals surface area contributed by atoms with E-state index in [1.807, 2.05) is 0 Å². The van der Waals surface area contributed by atoms with Crippen LogP contribution in [0.25, 0.3) is 0 Å². The fraction of sp³-hybridized carbons (Fsp3) is 0.300. The van der Waals surface area contributed by atoms with Crippen molar-refractivity contribution in [2.24, 2.45) is 0 Å². The van der Waals surface area contributed by atoms with Crippen LogP contribution in [0.3, 0.4) is 0 Å². The summed E-state index contributed by atoms with van der Waals surface area (Å²) in [5.74, 6) is -10.5. The van der Waals surface area contributed by atoms with Crippen molar-refractivity contribution in [3.8, 4) is 0 Å². The Morgan fingerprint density at radius 3 is 1.90 bits per heavy atom. The van der Waals surface area contributed by atoms with Gasteiger partial charge in [0, 0.05) is 0 Å². The molecule has 0 bridgehead atoms. The summed E-state index contributed by atoms with van der Waals surface area (Å²) in [5, 5.41) is 0.786. The molecule has 1 aromatic rings. The topological polar surface area (TPSA) is 29.1 Å². The van der Waals surface area contributed by atoms with Gasteiger partial charge in [-0.3, -0.25) is 4.79 Å². The number of hydrogen-bond acceptors (Lipinski definition) is 1. The number of benzene rings is 1. The van der Waals surface area contributed by atoms with E-state index in [9.17, 15) is 44.3 Å². The van der Waals surface area contributed by atoms with Crippen molar-refractivity contribution in [3.63, 3.8) is 0 Å². The average Bonchev–Trinajstić information content (AvgIpc) is 2.28. The van der Waals surface area contributed by atoms with Gasteiger partial charge in [0.25, 0.3) is 0 Å². The lowest BCUT2D eigenvalue weighted by molar-refractivity contribution is -0.267. The molecule has 0 saturated heterocycles. The molecule has 0 aliphatic heterocycles. The molecule has 2 nitrogen and oxygen atoms in total. The van der Waals surface area contributed by atoms with Crippen molar-refractivity contribution in [3.05, 3.63) is 29.6 Å². The number of rotatable bonds is 2. The van der Waals surface area contributed by atoms with Crippen molar-refractivity contribution >= 4 is 11.6 Å². The van der Waals surface area contributed by atoms with Crippen LogP contribution in [0.4, 0.5) is 45.2 Å². The van der Waals surface area contributed by atoms with Gasteiger partial charge in [0.15, 0.2) is 0 Å². The maximum Gasteiger partial charge on any atom is 0.463 e. The standard InChI is InChI=1S/C10H4F9NO/c11-5-2-1-4(9(14,15)16)3-6(5)20-7(21)8(12,13)10(17,18)19/h1-3H,(H,20,21). The van der Waals surface area contributed by atoms with Crippen LogP contribution >= 0.6 is 0 Å². The predicted octanol–water partition coefficient (Wildman–Crippen LogP) is 3.98. The summed E-state index contributed by atoms with van der Waals surface area (Å²) >= 11 is 0. The lowest BCUT2D eigenvalue weighted by atomic mass is 10.1. The monoisotopic (exact) mass is 325 g/mol. The smallest absolute Gasteiger partial charge is 0.318 e. The number of nitrogens with one attached hydrogen (secondary N) is 1. The van der Waals surface area contributed by atoms with Gasteiger partial charge in [0.1, 0.15) is 5.82 Å². The molecule has 1 aromatic carbocycles. The summed E-state index contributed by atoms with van der Waals surface area (Å²) < 4.78 is 111. The molecule has 0 spiro atoms. The highest BCUT2D eigenvalue weighted by Gasteiger charge is 2.63. The lowest BCUT2D eigenvalue weighted by Gasteiger charge is -2.19. The van der Waals surface area contributed by atoms with Crippen LogP contribution in [-0.4, -0.2) is 18.0 Å². The zero-order valence-electron chi connectivity index (χ0n) is 9.54. The molecule has 0 saturated carbocycles. The molecular weight excluding hydrogens is 321 g/mol. The number of halogens is 9. The Morgan fingerprint density at radius 2 is 1.48 bits per heavy atom. The number of amides is 1. The Kier molecular flexibility index (Phi) is 4.17. The van der Waals surface area contributed by atoms with Gasteiger partial charge in [-0.2, -0.15) is 35.1 Å². The van der Waals surface area contributed by atoms with Gasteiger partial charge in [-0.1, -0.05) is 0 Å². The molecule has 21 heavy (non-hydrogen) atoms. The van der Waals surface area contributed by atoms with Gasteiger partial charge in [-0.25, -0.2) is 4.39 Å². The van der Waals surface area contributed by atoms with Crippen LogP contribution in [0, 0.1) is 5.82 Å². The largest absolute Gasteiger partial charge is 0.463 e. The summed E-state index contributed by atoms with van der Waals surface area (Å²) in [4.78, 5) is 10.8. The summed E-state index contributed by atoms with van der Waals surface area (Å²) in [6.07, 6.45) is -11.3. The third-order valence-electron chi connectivity index (χ3n) is 2.18. The molecule has 1 amide bonds. The zero-order valence-corrected chi connectivity index (χ0v) is 9.54. The highest BCUT2D eigenvalue weighted by molar-refractivity contribution is 5.96. The molecule has 0 aliphatic rings. The maximum atomic E-state index is 13.1. The van der Waals surface area contributed by atoms with E-state index in [4.69, 9.17) is 0 Å². The Bertz CT molecular complexity index is 546. The van der Waals surface area contributed by atoms with Crippen LogP contribution in [0.1, 0.15) is 5.56 Å². The van der Waals surface area contributed by atoms with Gasteiger partial charge < -0.3 is 5.32 Å². The molecule has 0 atom stereocenters. The molecule has 0 aromatic heterocycles. The summed E-state index contributed by atoms with van der Waals surface area (Å²) in [7, 11) is 0. The molecule has 0 aliphatic carbocycles. The molecule has 0 radical (unpaired) electrons. The van der Waals surface area contributed by atoms with E-state index in [0.717, 1.165) is 5.32 Å². The van der Waals surface area contributed by atoms with Gasteiger partial charge in [-0.15, -0.1) is 0 Å². The van der Waals surface area contributed by atoms with Crippen molar-refractivity contribution in [2.75, 3.05) is 5.32 Å². The minimum absolute atomic E-state index is 0.0975. The molecule has 0 fully saturated rings. The van der Waals surface area contributed by atoms with Crippen molar-refractivity contribution in [1.29, 1.82) is 0 Å². The first-order valence-corrected chi connectivity index (χ1v) is 4.89. The fourth-order valence-electron chi connectivity index (χ4n) is 1.13.